The van der Waals surface area contributed by atoms with Gasteiger partial charge >= 0.3 is 0 Å². The molecule has 0 aromatic carbocycles. The second-order valence-corrected chi connectivity index (χ2v) is 3.27. The number of nitrogens with one attached hydrogen (secondary N) is 1. The minimum absolute atomic E-state index is 0.143. The molecule has 0 unspecified atom stereocenters. The number of hydrazine groups is 1. The van der Waals surface area contributed by atoms with Crippen LogP contribution in [0.3, 0.4) is 0 Å². The topological polar surface area (TPSA) is 55.1 Å². The number of carbonyl (C=O) groups excluding carboxylic acids is 1. The fourth-order valence-electron chi connectivity index (χ4n) is 0.782. The molecule has 0 fully saturated rings. The molecule has 3 N–H and O–H groups in total. The quantitative estimate of drug-likeness (QED) is 0.388. The normalized spacial score (nSPS) is 9.64. The first-order valence-electron chi connectivity index (χ1n) is 3.26. The number of amides is 1. The van der Waals surface area contributed by atoms with E-state index in [0.717, 1.165) is 10.4 Å². The molecule has 11 heavy (non-hydrogen) atoms. The Labute approximate surface area is 69.2 Å². The van der Waals surface area contributed by atoms with Gasteiger partial charge in [-0.25, -0.2) is 5.84 Å². The van der Waals surface area contributed by atoms with Gasteiger partial charge in [0.15, 0.2) is 0 Å². The third-order valence-electron chi connectivity index (χ3n) is 1.45. The van der Waals surface area contributed by atoms with Crippen LogP contribution in [-0.2, 0) is 11.2 Å². The Morgan fingerprint density at radius 1 is 1.82 bits per heavy atom. The predicted molar refractivity (Wildman–Crippen MR) is 45.1 cm³/mol. The first-order valence-corrected chi connectivity index (χ1v) is 4.14. The number of nitrogens with two attached hydrogens (primary N) is 1. The summed E-state index contributed by atoms with van der Waals surface area (Å²) in [5.41, 5.74) is 3.25. The third kappa shape index (κ3) is 2.03. The van der Waals surface area contributed by atoms with Crippen LogP contribution in [0.5, 0.6) is 0 Å². The summed E-state index contributed by atoms with van der Waals surface area (Å²) in [6.07, 6.45) is 0.389. The van der Waals surface area contributed by atoms with Crippen LogP contribution in [0.1, 0.15) is 10.4 Å². The zero-order valence-electron chi connectivity index (χ0n) is 6.26. The highest BCUT2D eigenvalue weighted by Crippen LogP contribution is 2.15. The lowest BCUT2D eigenvalue weighted by molar-refractivity contribution is -0.120. The van der Waals surface area contributed by atoms with Crippen LogP contribution in [0.4, 0.5) is 0 Å². The second kappa shape index (κ2) is 3.50. The van der Waals surface area contributed by atoms with Gasteiger partial charge in [0.1, 0.15) is 0 Å². The lowest BCUT2D eigenvalue weighted by atomic mass is 10.2. The van der Waals surface area contributed by atoms with Crippen LogP contribution in [0, 0.1) is 6.92 Å². The van der Waals surface area contributed by atoms with E-state index in [2.05, 4.69) is 5.43 Å². The van der Waals surface area contributed by atoms with E-state index in [1.165, 1.54) is 0 Å². The maximum atomic E-state index is 10.8. The molecular weight excluding hydrogens is 160 g/mol. The van der Waals surface area contributed by atoms with E-state index >= 15 is 0 Å². The summed E-state index contributed by atoms with van der Waals surface area (Å²) in [7, 11) is 0. The largest absolute Gasteiger partial charge is 0.294 e. The lowest BCUT2D eigenvalue weighted by Gasteiger charge is -1.96. The van der Waals surface area contributed by atoms with E-state index in [0.29, 0.717) is 6.42 Å². The van der Waals surface area contributed by atoms with Gasteiger partial charge < -0.3 is 0 Å². The van der Waals surface area contributed by atoms with E-state index < -0.39 is 0 Å². The molecule has 0 aliphatic carbocycles. The van der Waals surface area contributed by atoms with E-state index in [4.69, 9.17) is 5.84 Å². The number of aryl methyl sites for hydroxylation is 1. The summed E-state index contributed by atoms with van der Waals surface area (Å²) in [6, 6.07) is 1.99. The van der Waals surface area contributed by atoms with E-state index in [1.807, 2.05) is 18.4 Å². The standard InChI is InChI=1S/C7H10N2OS/c1-5-2-3-11-6(5)4-7(10)9-8/h2-3H,4,8H2,1H3,(H,9,10). The highest BCUT2D eigenvalue weighted by molar-refractivity contribution is 7.10. The van der Waals surface area contributed by atoms with Crippen molar-refractivity contribution in [3.8, 4) is 0 Å². The van der Waals surface area contributed by atoms with E-state index in [1.54, 1.807) is 11.3 Å². The zero-order valence-corrected chi connectivity index (χ0v) is 7.07. The van der Waals surface area contributed by atoms with Crippen LogP contribution in [0.15, 0.2) is 11.4 Å². The molecule has 1 aromatic heterocycles. The SMILES string of the molecule is Cc1ccsc1CC(=O)NN. The van der Waals surface area contributed by atoms with E-state index in [9.17, 15) is 4.79 Å². The molecule has 3 nitrogen and oxygen atoms in total. The smallest absolute Gasteiger partial charge is 0.239 e. The Morgan fingerprint density at radius 2 is 2.55 bits per heavy atom. The fraction of sp³-hybridized carbons (Fsp3) is 0.286. The minimum Gasteiger partial charge on any atom is -0.294 e. The molecule has 1 amide bonds. The van der Waals surface area contributed by atoms with Crippen molar-refractivity contribution in [1.29, 1.82) is 0 Å². The molecule has 1 heterocycles. The minimum atomic E-state index is -0.143. The van der Waals surface area contributed by atoms with Crippen molar-refractivity contribution in [1.82, 2.24) is 5.43 Å². The molecule has 1 rings (SSSR count). The molecule has 0 saturated carbocycles. The van der Waals surface area contributed by atoms with Crippen LogP contribution < -0.4 is 11.3 Å². The maximum Gasteiger partial charge on any atom is 0.239 e. The molecule has 0 radical (unpaired) electrons. The third-order valence-corrected chi connectivity index (χ3v) is 2.47. The Morgan fingerprint density at radius 3 is 3.00 bits per heavy atom. The van der Waals surface area contributed by atoms with Crippen molar-refractivity contribution in [3.05, 3.63) is 21.9 Å². The molecular formula is C7H10N2OS. The van der Waals surface area contributed by atoms with Crippen LogP contribution >= 0.6 is 11.3 Å². The summed E-state index contributed by atoms with van der Waals surface area (Å²) >= 11 is 1.58. The average Bonchev–Trinajstić information content (AvgIpc) is 2.37. The molecule has 1 aromatic rings. The first kappa shape index (κ1) is 8.23. The molecule has 0 atom stereocenters. The average molecular weight is 170 g/mol. The van der Waals surface area contributed by atoms with Crippen LogP contribution in [0.25, 0.3) is 0 Å². The summed E-state index contributed by atoms with van der Waals surface area (Å²) in [6.45, 7) is 1.98. The van der Waals surface area contributed by atoms with Gasteiger partial charge in [0.2, 0.25) is 5.91 Å². The molecule has 60 valence electrons. The fourth-order valence-corrected chi connectivity index (χ4v) is 1.69. The van der Waals surface area contributed by atoms with Gasteiger partial charge in [-0.15, -0.1) is 11.3 Å². The van der Waals surface area contributed by atoms with Crippen LogP contribution in [0.2, 0.25) is 0 Å². The Kier molecular flexibility index (Phi) is 2.62. The highest BCUT2D eigenvalue weighted by atomic mass is 32.1. The summed E-state index contributed by atoms with van der Waals surface area (Å²) in [5, 5.41) is 1.97. The van der Waals surface area contributed by atoms with Crippen molar-refractivity contribution in [3.63, 3.8) is 0 Å². The van der Waals surface area contributed by atoms with Gasteiger partial charge in [-0.05, 0) is 23.9 Å². The monoisotopic (exact) mass is 170 g/mol. The molecule has 0 aliphatic rings. The summed E-state index contributed by atoms with van der Waals surface area (Å²) < 4.78 is 0. The number of hydrogen-bond acceptors (Lipinski definition) is 3. The van der Waals surface area contributed by atoms with Gasteiger partial charge in [0, 0.05) is 4.88 Å². The summed E-state index contributed by atoms with van der Waals surface area (Å²) in [5.74, 6) is 4.80. The highest BCUT2D eigenvalue weighted by Gasteiger charge is 2.04. The van der Waals surface area contributed by atoms with Crippen molar-refractivity contribution < 1.29 is 4.79 Å². The first-order chi connectivity index (χ1) is 5.24. The lowest BCUT2D eigenvalue weighted by Crippen LogP contribution is -2.31. The van der Waals surface area contributed by atoms with E-state index in [-0.39, 0.29) is 5.91 Å². The van der Waals surface area contributed by atoms with Crippen molar-refractivity contribution in [2.24, 2.45) is 5.84 Å². The molecule has 0 spiro atoms. The number of carbonyl (C=O) groups is 1. The number of thiophene rings is 1. The van der Waals surface area contributed by atoms with Crippen molar-refractivity contribution >= 4 is 17.2 Å². The van der Waals surface area contributed by atoms with Gasteiger partial charge in [0.25, 0.3) is 0 Å². The van der Waals surface area contributed by atoms with Gasteiger partial charge in [-0.3, -0.25) is 10.2 Å². The molecule has 0 aliphatic heterocycles. The van der Waals surface area contributed by atoms with Crippen LogP contribution in [-0.4, -0.2) is 5.91 Å². The predicted octanol–water partition coefficient (Wildman–Crippen LogP) is 0.589. The Bertz CT molecular complexity index is 257. The van der Waals surface area contributed by atoms with Gasteiger partial charge in [-0.1, -0.05) is 0 Å². The Balaban J connectivity index is 2.64. The van der Waals surface area contributed by atoms with Gasteiger partial charge in [-0.2, -0.15) is 0 Å². The second-order valence-electron chi connectivity index (χ2n) is 2.27. The van der Waals surface area contributed by atoms with Crippen molar-refractivity contribution in [2.45, 2.75) is 13.3 Å². The number of rotatable bonds is 2. The van der Waals surface area contributed by atoms with Gasteiger partial charge in [0.05, 0.1) is 6.42 Å². The zero-order chi connectivity index (χ0) is 8.27. The molecule has 0 bridgehead atoms. The summed E-state index contributed by atoms with van der Waals surface area (Å²) in [4.78, 5) is 11.9. The van der Waals surface area contributed by atoms with Crippen molar-refractivity contribution in [2.75, 3.05) is 0 Å². The number of hydrogen-bond donors (Lipinski definition) is 2. The maximum absolute atomic E-state index is 10.8. The molecule has 0 saturated heterocycles. The molecule has 4 heteroatoms. The Hall–Kier alpha value is -0.870.